The molecule has 2 nitrogen and oxygen atoms in total. The van der Waals surface area contributed by atoms with Gasteiger partial charge in [-0.2, -0.15) is 0 Å². The molecule has 0 saturated carbocycles. The first kappa shape index (κ1) is 18.1. The summed E-state index contributed by atoms with van der Waals surface area (Å²) in [6.45, 7) is 12.8. The Morgan fingerprint density at radius 3 is 1.96 bits per heavy atom. The molecule has 1 aliphatic carbocycles. The summed E-state index contributed by atoms with van der Waals surface area (Å²) in [5, 5.41) is 0. The predicted molar refractivity (Wildman–Crippen MR) is 104 cm³/mol. The standard InChI is InChI=1S/C22H26O2S/c1-13-17-20(22(5,6)12-11-21(17,3)4)25-19(13)18(24)16-9-7-15(8-10-16)14(2)23/h7-10H,11-12H2,1-6H3. The molecule has 1 aromatic heterocycles. The van der Waals surface area contributed by atoms with Crippen LogP contribution in [0.2, 0.25) is 0 Å². The summed E-state index contributed by atoms with van der Waals surface area (Å²) < 4.78 is 0. The number of benzene rings is 1. The number of rotatable bonds is 3. The zero-order valence-corrected chi connectivity index (χ0v) is 16.8. The third kappa shape index (κ3) is 2.99. The van der Waals surface area contributed by atoms with Crippen molar-refractivity contribution in [1.82, 2.24) is 0 Å². The molecule has 2 aromatic rings. The van der Waals surface area contributed by atoms with Crippen LogP contribution in [0.4, 0.5) is 0 Å². The highest BCUT2D eigenvalue weighted by Crippen LogP contribution is 2.51. The third-order valence-electron chi connectivity index (χ3n) is 5.57. The van der Waals surface area contributed by atoms with Crippen molar-refractivity contribution in [3.8, 4) is 0 Å². The second-order valence-corrected chi connectivity index (χ2v) is 9.51. The zero-order valence-electron chi connectivity index (χ0n) is 15.9. The molecule has 3 rings (SSSR count). The van der Waals surface area contributed by atoms with E-state index in [-0.39, 0.29) is 22.4 Å². The van der Waals surface area contributed by atoms with Crippen LogP contribution < -0.4 is 0 Å². The molecule has 0 aliphatic heterocycles. The minimum atomic E-state index is 0.0188. The van der Waals surface area contributed by atoms with Crippen molar-refractivity contribution in [3.63, 3.8) is 0 Å². The maximum atomic E-state index is 13.1. The van der Waals surface area contributed by atoms with E-state index >= 15 is 0 Å². The van der Waals surface area contributed by atoms with E-state index in [1.165, 1.54) is 10.4 Å². The summed E-state index contributed by atoms with van der Waals surface area (Å²) in [5.74, 6) is 0.0869. The molecule has 1 aromatic carbocycles. The van der Waals surface area contributed by atoms with Crippen molar-refractivity contribution >= 4 is 22.9 Å². The van der Waals surface area contributed by atoms with Gasteiger partial charge in [-0.15, -0.1) is 11.3 Å². The van der Waals surface area contributed by atoms with Crippen molar-refractivity contribution in [2.24, 2.45) is 0 Å². The first-order valence-corrected chi connectivity index (χ1v) is 9.66. The number of hydrogen-bond acceptors (Lipinski definition) is 3. The Balaban J connectivity index is 2.08. The van der Waals surface area contributed by atoms with Crippen LogP contribution in [-0.4, -0.2) is 11.6 Å². The fourth-order valence-corrected chi connectivity index (χ4v) is 5.45. The largest absolute Gasteiger partial charge is 0.295 e. The Kier molecular flexibility index (Phi) is 4.27. The Morgan fingerprint density at radius 1 is 0.920 bits per heavy atom. The van der Waals surface area contributed by atoms with Crippen molar-refractivity contribution in [2.75, 3.05) is 0 Å². The highest BCUT2D eigenvalue weighted by atomic mass is 32.1. The highest BCUT2D eigenvalue weighted by Gasteiger charge is 2.41. The van der Waals surface area contributed by atoms with E-state index in [0.29, 0.717) is 11.1 Å². The Labute approximate surface area is 154 Å². The molecule has 0 amide bonds. The summed E-state index contributed by atoms with van der Waals surface area (Å²) in [6.07, 6.45) is 2.29. The van der Waals surface area contributed by atoms with Gasteiger partial charge in [-0.25, -0.2) is 0 Å². The quantitative estimate of drug-likeness (QED) is 0.649. The number of ketones is 2. The molecule has 0 spiro atoms. The highest BCUT2D eigenvalue weighted by molar-refractivity contribution is 7.14. The average molecular weight is 355 g/mol. The van der Waals surface area contributed by atoms with Crippen LogP contribution in [0.1, 0.15) is 89.1 Å². The first-order chi connectivity index (χ1) is 11.5. The average Bonchev–Trinajstić information content (AvgIpc) is 2.91. The molecular formula is C22H26O2S. The molecule has 3 heteroatoms. The van der Waals surface area contributed by atoms with Gasteiger partial charge in [0.05, 0.1) is 4.88 Å². The molecule has 0 unspecified atom stereocenters. The normalized spacial score (nSPS) is 17.8. The molecule has 0 saturated heterocycles. The lowest BCUT2D eigenvalue weighted by Gasteiger charge is -2.39. The predicted octanol–water partition coefficient (Wildman–Crippen LogP) is 5.84. The van der Waals surface area contributed by atoms with Crippen LogP contribution >= 0.6 is 11.3 Å². The second kappa shape index (κ2) is 5.91. The van der Waals surface area contributed by atoms with Crippen molar-refractivity contribution in [2.45, 2.75) is 65.2 Å². The van der Waals surface area contributed by atoms with E-state index in [1.807, 2.05) is 0 Å². The van der Waals surface area contributed by atoms with Gasteiger partial charge in [0.1, 0.15) is 0 Å². The maximum absolute atomic E-state index is 13.1. The lowest BCUT2D eigenvalue weighted by atomic mass is 9.66. The van der Waals surface area contributed by atoms with E-state index in [4.69, 9.17) is 0 Å². The van der Waals surface area contributed by atoms with Gasteiger partial charge in [0, 0.05) is 16.0 Å². The summed E-state index contributed by atoms with van der Waals surface area (Å²) in [7, 11) is 0. The third-order valence-corrected chi connectivity index (χ3v) is 7.23. The molecule has 0 N–H and O–H groups in total. The van der Waals surface area contributed by atoms with Gasteiger partial charge in [0.25, 0.3) is 0 Å². The minimum Gasteiger partial charge on any atom is -0.295 e. The molecule has 0 fully saturated rings. The van der Waals surface area contributed by atoms with Crippen LogP contribution in [0, 0.1) is 6.92 Å². The van der Waals surface area contributed by atoms with E-state index < -0.39 is 0 Å². The van der Waals surface area contributed by atoms with Gasteiger partial charge in [0.2, 0.25) is 5.78 Å². The monoisotopic (exact) mass is 354 g/mol. The maximum Gasteiger partial charge on any atom is 0.203 e. The van der Waals surface area contributed by atoms with Crippen molar-refractivity contribution in [3.05, 3.63) is 56.3 Å². The van der Waals surface area contributed by atoms with Gasteiger partial charge in [-0.05, 0) is 48.6 Å². The number of Topliss-reactive ketones (excluding diaryl/α,β-unsaturated/α-hetero) is 1. The van der Waals surface area contributed by atoms with Gasteiger partial charge in [-0.3, -0.25) is 9.59 Å². The second-order valence-electron chi connectivity index (χ2n) is 8.49. The number of thiophene rings is 1. The van der Waals surface area contributed by atoms with Gasteiger partial charge in [0.15, 0.2) is 5.78 Å². The van der Waals surface area contributed by atoms with Crippen molar-refractivity contribution in [1.29, 1.82) is 0 Å². The van der Waals surface area contributed by atoms with Crippen LogP contribution in [0.15, 0.2) is 24.3 Å². The van der Waals surface area contributed by atoms with E-state index in [2.05, 4.69) is 34.6 Å². The lowest BCUT2D eigenvalue weighted by molar-refractivity contribution is 0.101. The summed E-state index contributed by atoms with van der Waals surface area (Å²) in [4.78, 5) is 26.8. The molecule has 0 bridgehead atoms. The molecule has 25 heavy (non-hydrogen) atoms. The molecule has 132 valence electrons. The number of fused-ring (bicyclic) bond motifs is 1. The van der Waals surface area contributed by atoms with Gasteiger partial charge < -0.3 is 0 Å². The van der Waals surface area contributed by atoms with E-state index in [0.717, 1.165) is 23.3 Å². The molecule has 0 radical (unpaired) electrons. The molecule has 1 aliphatic rings. The fraction of sp³-hybridized carbons (Fsp3) is 0.455. The Bertz CT molecular complexity index is 851. The summed E-state index contributed by atoms with van der Waals surface area (Å²) >= 11 is 1.67. The first-order valence-electron chi connectivity index (χ1n) is 8.84. The van der Waals surface area contributed by atoms with E-state index in [9.17, 15) is 9.59 Å². The zero-order chi connectivity index (χ0) is 18.6. The van der Waals surface area contributed by atoms with Crippen LogP contribution in [-0.2, 0) is 10.8 Å². The van der Waals surface area contributed by atoms with Crippen LogP contribution in [0.25, 0.3) is 0 Å². The number of carbonyl (C=O) groups excluding carboxylic acids is 2. The molecular weight excluding hydrogens is 328 g/mol. The summed E-state index contributed by atoms with van der Waals surface area (Å²) in [5.41, 5.74) is 4.04. The van der Waals surface area contributed by atoms with E-state index in [1.54, 1.807) is 42.5 Å². The lowest BCUT2D eigenvalue weighted by Crippen LogP contribution is -2.32. The SMILES string of the molecule is CC(=O)c1ccc(C(=O)c2sc3c(c2C)C(C)(C)CCC3(C)C)cc1. The van der Waals surface area contributed by atoms with Gasteiger partial charge in [-0.1, -0.05) is 52.0 Å². The minimum absolute atomic E-state index is 0.0188. The number of hydrogen-bond donors (Lipinski definition) is 0. The fourth-order valence-electron chi connectivity index (χ4n) is 3.87. The van der Waals surface area contributed by atoms with Crippen LogP contribution in [0.5, 0.6) is 0 Å². The Morgan fingerprint density at radius 2 is 1.44 bits per heavy atom. The number of carbonyl (C=O) groups is 2. The Hall–Kier alpha value is -1.74. The smallest absolute Gasteiger partial charge is 0.203 e. The summed E-state index contributed by atoms with van der Waals surface area (Å²) in [6, 6.07) is 7.03. The van der Waals surface area contributed by atoms with Crippen LogP contribution in [0.3, 0.4) is 0 Å². The topological polar surface area (TPSA) is 34.1 Å². The van der Waals surface area contributed by atoms with Gasteiger partial charge >= 0.3 is 0 Å². The molecule has 1 heterocycles. The van der Waals surface area contributed by atoms with Crippen molar-refractivity contribution < 1.29 is 9.59 Å². The molecule has 0 atom stereocenters.